The number of aryl methyl sites for hydroxylation is 2. The molecular formula is C29H34ClF3N6O5S. The van der Waals surface area contributed by atoms with Gasteiger partial charge in [0.25, 0.3) is 0 Å². The van der Waals surface area contributed by atoms with E-state index in [1.165, 1.54) is 34.9 Å². The molecule has 3 heterocycles. The molecule has 6 bridgehead atoms. The van der Waals surface area contributed by atoms with Crippen LogP contribution in [0.15, 0.2) is 36.5 Å². The van der Waals surface area contributed by atoms with Crippen LogP contribution in [0.4, 0.5) is 42.0 Å². The summed E-state index contributed by atoms with van der Waals surface area (Å²) in [7, 11) is 1.89. The van der Waals surface area contributed by atoms with Gasteiger partial charge < -0.3 is 25.4 Å². The Balaban J connectivity index is 0.000000591. The first-order chi connectivity index (χ1) is 21.1. The number of anilines is 5. The standard InChI is InChI=1S/C27H33ClN6O3S.C2HF3O2/c1-33-11-9-18(10-12-33)20-15-25(37-3)23-14-19(20)7-5-17-6-8-24(34(2)38(4,35)36)22(13-17)30-26-21(28)16-29-27(31-23)32-26;3-2(4,5)1(6)7/h6,8,13-16,18H,5,7,9-12H2,1-4H3,(H2,29,30,31,32);(H,6,7). The van der Waals surface area contributed by atoms with E-state index < -0.39 is 22.2 Å². The van der Waals surface area contributed by atoms with Crippen LogP contribution in [-0.2, 0) is 27.7 Å². The van der Waals surface area contributed by atoms with E-state index in [9.17, 15) is 21.6 Å². The molecule has 244 valence electrons. The van der Waals surface area contributed by atoms with Crippen molar-refractivity contribution < 1.29 is 36.2 Å². The molecule has 1 saturated heterocycles. The molecule has 1 fully saturated rings. The van der Waals surface area contributed by atoms with Crippen molar-refractivity contribution in [1.82, 2.24) is 14.9 Å². The Hall–Kier alpha value is -3.82. The van der Waals surface area contributed by atoms with E-state index >= 15 is 0 Å². The molecule has 45 heavy (non-hydrogen) atoms. The van der Waals surface area contributed by atoms with E-state index in [1.54, 1.807) is 7.11 Å². The van der Waals surface area contributed by atoms with Crippen LogP contribution in [0.25, 0.3) is 0 Å². The molecule has 5 rings (SSSR count). The smallest absolute Gasteiger partial charge is 0.490 e. The molecule has 2 aromatic carbocycles. The van der Waals surface area contributed by atoms with Crippen LogP contribution in [0.1, 0.15) is 35.4 Å². The minimum atomic E-state index is -5.08. The summed E-state index contributed by atoms with van der Waals surface area (Å²) in [5.74, 6) is -0.843. The Morgan fingerprint density at radius 1 is 1.13 bits per heavy atom. The summed E-state index contributed by atoms with van der Waals surface area (Å²) in [5.41, 5.74) is 5.53. The SMILES string of the molecule is COc1cc(C2CCN(C)CC2)c2cc1Nc1ncc(Cl)c(n1)Nc1cc(ccc1N(C)S(C)(=O)=O)CC2.O=C(O)C(F)(F)F. The Labute approximate surface area is 264 Å². The van der Waals surface area contributed by atoms with Crippen LogP contribution >= 0.6 is 11.6 Å². The molecule has 2 aliphatic heterocycles. The second-order valence-electron chi connectivity index (χ2n) is 10.9. The van der Waals surface area contributed by atoms with Crippen molar-refractivity contribution >= 4 is 56.4 Å². The number of carboxylic acid groups (broad SMARTS) is 1. The molecule has 0 aliphatic carbocycles. The first-order valence-electron chi connectivity index (χ1n) is 13.9. The molecule has 0 atom stereocenters. The molecule has 0 spiro atoms. The number of likely N-dealkylation sites (tertiary alicyclic amines) is 1. The number of ether oxygens (including phenoxy) is 1. The highest BCUT2D eigenvalue weighted by molar-refractivity contribution is 7.92. The third-order valence-electron chi connectivity index (χ3n) is 7.69. The molecule has 2 aliphatic rings. The van der Waals surface area contributed by atoms with Gasteiger partial charge in [0.05, 0.1) is 36.6 Å². The Kier molecular flexibility index (Phi) is 10.3. The Morgan fingerprint density at radius 3 is 2.40 bits per heavy atom. The zero-order chi connectivity index (χ0) is 33.1. The molecule has 0 saturated carbocycles. The lowest BCUT2D eigenvalue weighted by Crippen LogP contribution is -2.29. The van der Waals surface area contributed by atoms with Gasteiger partial charge in [0.2, 0.25) is 16.0 Å². The normalized spacial score (nSPS) is 15.6. The maximum Gasteiger partial charge on any atom is 0.490 e. The van der Waals surface area contributed by atoms with Crippen LogP contribution < -0.4 is 19.7 Å². The van der Waals surface area contributed by atoms with Crippen LogP contribution in [0, 0.1) is 0 Å². The fraction of sp³-hybridized carbons (Fsp3) is 0.414. The Morgan fingerprint density at radius 2 is 1.80 bits per heavy atom. The van der Waals surface area contributed by atoms with Gasteiger partial charge in [-0.2, -0.15) is 18.2 Å². The van der Waals surface area contributed by atoms with Gasteiger partial charge in [0, 0.05) is 7.05 Å². The lowest BCUT2D eigenvalue weighted by atomic mass is 9.84. The van der Waals surface area contributed by atoms with E-state index in [0.29, 0.717) is 34.1 Å². The summed E-state index contributed by atoms with van der Waals surface area (Å²) in [6.07, 6.45) is 1.41. The van der Waals surface area contributed by atoms with Gasteiger partial charge in [-0.3, -0.25) is 4.31 Å². The van der Waals surface area contributed by atoms with Gasteiger partial charge in [-0.1, -0.05) is 17.7 Å². The molecule has 0 amide bonds. The number of alkyl halides is 3. The summed E-state index contributed by atoms with van der Waals surface area (Å²) < 4.78 is 63.5. The number of methoxy groups -OCH3 is 1. The van der Waals surface area contributed by atoms with Crippen LogP contribution in [0.2, 0.25) is 5.02 Å². The fourth-order valence-corrected chi connectivity index (χ4v) is 5.81. The van der Waals surface area contributed by atoms with Crippen molar-refractivity contribution in [3.05, 3.63) is 58.2 Å². The minimum absolute atomic E-state index is 0.314. The molecule has 3 N–H and O–H groups in total. The van der Waals surface area contributed by atoms with E-state index in [2.05, 4.69) is 44.7 Å². The third kappa shape index (κ3) is 8.47. The zero-order valence-electron chi connectivity index (χ0n) is 25.1. The van der Waals surface area contributed by atoms with Crippen molar-refractivity contribution in [1.29, 1.82) is 0 Å². The average Bonchev–Trinajstić information content (AvgIpc) is 2.97. The van der Waals surface area contributed by atoms with Gasteiger partial charge in [0.1, 0.15) is 10.8 Å². The number of aromatic nitrogens is 2. The monoisotopic (exact) mass is 670 g/mol. The maximum atomic E-state index is 12.4. The molecule has 1 aromatic heterocycles. The number of hydrogen-bond acceptors (Lipinski definition) is 9. The summed E-state index contributed by atoms with van der Waals surface area (Å²) in [6.45, 7) is 2.14. The summed E-state index contributed by atoms with van der Waals surface area (Å²) in [6, 6.07) is 10.1. The van der Waals surface area contributed by atoms with Crippen LogP contribution in [0.3, 0.4) is 0 Å². The second-order valence-corrected chi connectivity index (χ2v) is 13.3. The van der Waals surface area contributed by atoms with E-state index in [4.69, 9.17) is 26.2 Å². The highest BCUT2D eigenvalue weighted by Crippen LogP contribution is 2.39. The first kappa shape index (κ1) is 34.1. The lowest BCUT2D eigenvalue weighted by molar-refractivity contribution is -0.192. The van der Waals surface area contributed by atoms with Crippen molar-refractivity contribution in [2.75, 3.05) is 55.5 Å². The zero-order valence-corrected chi connectivity index (χ0v) is 26.6. The van der Waals surface area contributed by atoms with Crippen LogP contribution in [0.5, 0.6) is 5.75 Å². The second kappa shape index (κ2) is 13.7. The molecule has 0 radical (unpaired) electrons. The highest BCUT2D eigenvalue weighted by Gasteiger charge is 2.38. The summed E-state index contributed by atoms with van der Waals surface area (Å²) in [4.78, 5) is 20.3. The number of rotatable bonds is 4. The topological polar surface area (TPSA) is 137 Å². The number of halogens is 4. The number of sulfonamides is 1. The van der Waals surface area contributed by atoms with Gasteiger partial charge in [-0.15, -0.1) is 0 Å². The largest absolute Gasteiger partial charge is 0.495 e. The average molecular weight is 671 g/mol. The summed E-state index contributed by atoms with van der Waals surface area (Å²) in [5, 5.41) is 14.0. The van der Waals surface area contributed by atoms with Gasteiger partial charge >= 0.3 is 12.1 Å². The number of piperidine rings is 1. The predicted molar refractivity (Wildman–Crippen MR) is 167 cm³/mol. The summed E-state index contributed by atoms with van der Waals surface area (Å²) >= 11 is 6.46. The number of nitrogens with one attached hydrogen (secondary N) is 2. The fourth-order valence-electron chi connectivity index (χ4n) is 5.16. The van der Waals surface area contributed by atoms with Crippen molar-refractivity contribution in [2.45, 2.75) is 37.8 Å². The minimum Gasteiger partial charge on any atom is -0.495 e. The van der Waals surface area contributed by atoms with E-state index in [1.807, 2.05) is 18.2 Å². The number of carboxylic acids is 1. The number of carbonyl (C=O) groups is 1. The van der Waals surface area contributed by atoms with Gasteiger partial charge in [-0.25, -0.2) is 18.2 Å². The Bertz CT molecular complexity index is 1670. The molecule has 11 nitrogen and oxygen atoms in total. The number of benzene rings is 2. The van der Waals surface area contributed by atoms with Gasteiger partial charge in [-0.05, 0) is 92.7 Å². The van der Waals surface area contributed by atoms with E-state index in [0.717, 1.165) is 55.8 Å². The van der Waals surface area contributed by atoms with Crippen molar-refractivity contribution in [3.63, 3.8) is 0 Å². The molecule has 3 aromatic rings. The van der Waals surface area contributed by atoms with Crippen molar-refractivity contribution in [3.8, 4) is 5.75 Å². The van der Waals surface area contributed by atoms with Gasteiger partial charge in [0.15, 0.2) is 5.82 Å². The number of fused-ring (bicyclic) bond motifs is 6. The van der Waals surface area contributed by atoms with Crippen molar-refractivity contribution in [2.24, 2.45) is 0 Å². The quantitative estimate of drug-likeness (QED) is 0.324. The number of aliphatic carboxylic acids is 1. The number of nitrogens with zero attached hydrogens (tertiary/aromatic N) is 4. The predicted octanol–water partition coefficient (Wildman–Crippen LogP) is 5.56. The highest BCUT2D eigenvalue weighted by atomic mass is 35.5. The maximum absolute atomic E-state index is 12.4. The third-order valence-corrected chi connectivity index (χ3v) is 9.15. The molecule has 0 unspecified atom stereocenters. The first-order valence-corrected chi connectivity index (χ1v) is 16.1. The van der Waals surface area contributed by atoms with E-state index in [-0.39, 0.29) is 0 Å². The molecular weight excluding hydrogens is 637 g/mol. The number of hydrogen-bond donors (Lipinski definition) is 3. The molecule has 16 heteroatoms. The van der Waals surface area contributed by atoms with Crippen LogP contribution in [-0.4, -0.2) is 81.1 Å². The lowest BCUT2D eigenvalue weighted by Gasteiger charge is -2.31.